The number of benzene rings is 1. The molecule has 1 aromatic carbocycles. The number of nitrogens with zero attached hydrogens (tertiary/aromatic N) is 3. The molecule has 2 fully saturated rings. The number of hydrogen-bond acceptors (Lipinski definition) is 5. The molecule has 3 unspecified atom stereocenters. The molecular weight excluding hydrogens is 302 g/mol. The second kappa shape index (κ2) is 7.42. The molecule has 1 saturated heterocycles. The maximum absolute atomic E-state index is 5.65. The van der Waals surface area contributed by atoms with Gasteiger partial charge in [0.25, 0.3) is 0 Å². The number of aromatic nitrogens is 3. The van der Waals surface area contributed by atoms with Gasteiger partial charge in [0, 0.05) is 24.3 Å². The Kier molecular flexibility index (Phi) is 4.87. The van der Waals surface area contributed by atoms with E-state index in [0.717, 1.165) is 37.8 Å². The molecule has 0 spiro atoms. The van der Waals surface area contributed by atoms with E-state index in [2.05, 4.69) is 37.5 Å². The monoisotopic (exact) mass is 327 g/mol. The molecule has 0 amide bonds. The van der Waals surface area contributed by atoms with Crippen LogP contribution in [0.15, 0.2) is 36.7 Å². The second-order valence-corrected chi connectivity index (χ2v) is 6.67. The fraction of sp³-hybridized carbons (Fsp3) is 0.556. The van der Waals surface area contributed by atoms with Crippen molar-refractivity contribution in [1.29, 1.82) is 0 Å². The van der Waals surface area contributed by atoms with Gasteiger partial charge in [0.2, 0.25) is 0 Å². The Morgan fingerprint density at radius 2 is 2.17 bits per heavy atom. The molecule has 0 radical (unpaired) electrons. The third kappa shape index (κ3) is 3.36. The number of nitrogens with one attached hydrogen (secondary N) is 2. The van der Waals surface area contributed by atoms with E-state index in [1.807, 2.05) is 18.2 Å². The lowest BCUT2D eigenvalue weighted by Crippen LogP contribution is -2.50. The van der Waals surface area contributed by atoms with E-state index in [1.54, 1.807) is 6.33 Å². The SMILES string of the molecule is c1ccc(-n2cnnc2CNC2CCCC2C2COCCN2)cc1. The largest absolute Gasteiger partial charge is 0.379 e. The molecule has 0 bridgehead atoms. The van der Waals surface area contributed by atoms with Crippen molar-refractivity contribution in [1.82, 2.24) is 25.4 Å². The van der Waals surface area contributed by atoms with Crippen molar-refractivity contribution < 1.29 is 4.74 Å². The van der Waals surface area contributed by atoms with Crippen LogP contribution in [-0.4, -0.2) is 46.6 Å². The summed E-state index contributed by atoms with van der Waals surface area (Å²) < 4.78 is 7.71. The summed E-state index contributed by atoms with van der Waals surface area (Å²) in [4.78, 5) is 0. The van der Waals surface area contributed by atoms with Gasteiger partial charge >= 0.3 is 0 Å². The lowest BCUT2D eigenvalue weighted by Gasteiger charge is -2.33. The normalized spacial score (nSPS) is 27.4. The van der Waals surface area contributed by atoms with Gasteiger partial charge in [0.1, 0.15) is 6.33 Å². The number of morpholine rings is 1. The predicted octanol–water partition coefficient (Wildman–Crippen LogP) is 1.51. The van der Waals surface area contributed by atoms with E-state index < -0.39 is 0 Å². The lowest BCUT2D eigenvalue weighted by atomic mass is 9.94. The molecule has 1 aliphatic carbocycles. The molecule has 4 rings (SSSR count). The van der Waals surface area contributed by atoms with Crippen molar-refractivity contribution in [2.45, 2.75) is 37.9 Å². The van der Waals surface area contributed by atoms with E-state index in [0.29, 0.717) is 18.0 Å². The summed E-state index contributed by atoms with van der Waals surface area (Å²) in [5.41, 5.74) is 1.10. The van der Waals surface area contributed by atoms with Crippen molar-refractivity contribution in [3.8, 4) is 5.69 Å². The molecular formula is C18H25N5O. The Labute approximate surface area is 142 Å². The first-order valence-electron chi connectivity index (χ1n) is 8.90. The zero-order chi connectivity index (χ0) is 16.2. The number of rotatable bonds is 5. The van der Waals surface area contributed by atoms with Gasteiger partial charge in [-0.2, -0.15) is 0 Å². The quantitative estimate of drug-likeness (QED) is 0.872. The zero-order valence-corrected chi connectivity index (χ0v) is 13.9. The van der Waals surface area contributed by atoms with E-state index in [-0.39, 0.29) is 0 Å². The Morgan fingerprint density at radius 1 is 1.25 bits per heavy atom. The molecule has 128 valence electrons. The van der Waals surface area contributed by atoms with E-state index in [9.17, 15) is 0 Å². The minimum atomic E-state index is 0.478. The molecule has 1 saturated carbocycles. The van der Waals surface area contributed by atoms with Crippen LogP contribution < -0.4 is 10.6 Å². The molecule has 24 heavy (non-hydrogen) atoms. The number of ether oxygens (including phenoxy) is 1. The van der Waals surface area contributed by atoms with Crippen LogP contribution in [0.2, 0.25) is 0 Å². The highest BCUT2D eigenvalue weighted by molar-refractivity contribution is 5.31. The van der Waals surface area contributed by atoms with Crippen LogP contribution in [0.1, 0.15) is 25.1 Å². The smallest absolute Gasteiger partial charge is 0.151 e. The molecule has 2 aliphatic rings. The average molecular weight is 327 g/mol. The zero-order valence-electron chi connectivity index (χ0n) is 13.9. The van der Waals surface area contributed by atoms with Gasteiger partial charge < -0.3 is 15.4 Å². The van der Waals surface area contributed by atoms with E-state index in [4.69, 9.17) is 4.74 Å². The van der Waals surface area contributed by atoms with Crippen LogP contribution in [0, 0.1) is 5.92 Å². The van der Waals surface area contributed by atoms with Crippen molar-refractivity contribution in [3.63, 3.8) is 0 Å². The number of para-hydroxylation sites is 1. The maximum atomic E-state index is 5.65. The third-order valence-corrected chi connectivity index (χ3v) is 5.21. The highest BCUT2D eigenvalue weighted by Crippen LogP contribution is 2.29. The summed E-state index contributed by atoms with van der Waals surface area (Å²) >= 11 is 0. The van der Waals surface area contributed by atoms with Gasteiger partial charge in [0.15, 0.2) is 5.82 Å². The van der Waals surface area contributed by atoms with E-state index in [1.165, 1.54) is 19.3 Å². The van der Waals surface area contributed by atoms with Crippen LogP contribution in [0.4, 0.5) is 0 Å². The van der Waals surface area contributed by atoms with Gasteiger partial charge in [-0.25, -0.2) is 0 Å². The number of hydrogen-bond donors (Lipinski definition) is 2. The Balaban J connectivity index is 1.41. The van der Waals surface area contributed by atoms with Crippen molar-refractivity contribution in [3.05, 3.63) is 42.5 Å². The van der Waals surface area contributed by atoms with Gasteiger partial charge in [0.05, 0.1) is 19.8 Å². The fourth-order valence-corrected chi connectivity index (χ4v) is 3.99. The van der Waals surface area contributed by atoms with Crippen LogP contribution in [0.5, 0.6) is 0 Å². The van der Waals surface area contributed by atoms with Crippen LogP contribution in [0.3, 0.4) is 0 Å². The molecule has 2 heterocycles. The van der Waals surface area contributed by atoms with Crippen molar-refractivity contribution in [2.24, 2.45) is 5.92 Å². The first-order chi connectivity index (χ1) is 11.9. The van der Waals surface area contributed by atoms with Crippen LogP contribution in [0.25, 0.3) is 5.69 Å². The first-order valence-corrected chi connectivity index (χ1v) is 8.90. The molecule has 6 heteroatoms. The topological polar surface area (TPSA) is 64.0 Å². The van der Waals surface area contributed by atoms with Gasteiger partial charge in [-0.3, -0.25) is 4.57 Å². The molecule has 3 atom stereocenters. The standard InChI is InChI=1S/C18H25N5O/c1-2-5-14(6-3-1)23-13-21-22-18(23)11-20-16-8-4-7-15(16)17-12-24-10-9-19-17/h1-3,5-6,13,15-17,19-20H,4,7-12H2. The molecule has 2 aromatic rings. The first kappa shape index (κ1) is 15.7. The maximum Gasteiger partial charge on any atom is 0.151 e. The van der Waals surface area contributed by atoms with Gasteiger partial charge in [-0.1, -0.05) is 24.6 Å². The van der Waals surface area contributed by atoms with E-state index >= 15 is 0 Å². The molecule has 1 aliphatic heterocycles. The summed E-state index contributed by atoms with van der Waals surface area (Å²) in [7, 11) is 0. The van der Waals surface area contributed by atoms with Crippen molar-refractivity contribution in [2.75, 3.05) is 19.8 Å². The lowest BCUT2D eigenvalue weighted by molar-refractivity contribution is 0.0523. The Morgan fingerprint density at radius 3 is 3.00 bits per heavy atom. The third-order valence-electron chi connectivity index (χ3n) is 5.21. The van der Waals surface area contributed by atoms with Crippen molar-refractivity contribution >= 4 is 0 Å². The predicted molar refractivity (Wildman–Crippen MR) is 91.9 cm³/mol. The summed E-state index contributed by atoms with van der Waals surface area (Å²) in [6.45, 7) is 3.38. The van der Waals surface area contributed by atoms with Gasteiger partial charge in [-0.05, 0) is 30.9 Å². The molecule has 6 nitrogen and oxygen atoms in total. The molecule has 1 aromatic heterocycles. The minimum absolute atomic E-state index is 0.478. The highest BCUT2D eigenvalue weighted by atomic mass is 16.5. The summed E-state index contributed by atoms with van der Waals surface area (Å²) in [5, 5.41) is 15.7. The summed E-state index contributed by atoms with van der Waals surface area (Å²) in [6.07, 6.45) is 5.56. The Bertz CT molecular complexity index is 638. The summed E-state index contributed by atoms with van der Waals surface area (Å²) in [6, 6.07) is 11.2. The second-order valence-electron chi connectivity index (χ2n) is 6.67. The van der Waals surface area contributed by atoms with Crippen LogP contribution >= 0.6 is 0 Å². The van der Waals surface area contributed by atoms with Gasteiger partial charge in [-0.15, -0.1) is 10.2 Å². The highest BCUT2D eigenvalue weighted by Gasteiger charge is 2.34. The van der Waals surface area contributed by atoms with Crippen LogP contribution in [-0.2, 0) is 11.3 Å². The fourth-order valence-electron chi connectivity index (χ4n) is 3.99. The Hall–Kier alpha value is -1.76. The summed E-state index contributed by atoms with van der Waals surface area (Å²) in [5.74, 6) is 1.60. The molecule has 2 N–H and O–H groups in total. The minimum Gasteiger partial charge on any atom is -0.379 e. The average Bonchev–Trinajstić information content (AvgIpc) is 3.30.